The molecule has 4 heteroatoms. The van der Waals surface area contributed by atoms with E-state index in [1.807, 2.05) is 19.1 Å². The molecular weight excluding hydrogens is 206 g/mol. The standard InChI is InChI=1S/C12H13NO3/c1-8-7-13-12(16-8)10-5-4-9(14-2)6-11(10)15-3/h4-7H,1-3H3. The van der Waals surface area contributed by atoms with Crippen molar-refractivity contribution in [1.29, 1.82) is 0 Å². The molecule has 4 nitrogen and oxygen atoms in total. The van der Waals surface area contributed by atoms with Crippen LogP contribution in [-0.2, 0) is 0 Å². The van der Waals surface area contributed by atoms with Gasteiger partial charge in [-0.15, -0.1) is 0 Å². The number of nitrogens with zero attached hydrogens (tertiary/aromatic N) is 1. The van der Waals surface area contributed by atoms with Gasteiger partial charge < -0.3 is 13.9 Å². The SMILES string of the molecule is COc1ccc(-c2ncc(C)o2)c(OC)c1. The molecule has 2 aromatic rings. The number of oxazole rings is 1. The van der Waals surface area contributed by atoms with Gasteiger partial charge in [-0.3, -0.25) is 0 Å². The minimum Gasteiger partial charge on any atom is -0.497 e. The van der Waals surface area contributed by atoms with E-state index in [2.05, 4.69) is 4.98 Å². The van der Waals surface area contributed by atoms with Crippen molar-refractivity contribution in [2.24, 2.45) is 0 Å². The Balaban J connectivity index is 2.48. The summed E-state index contributed by atoms with van der Waals surface area (Å²) in [7, 11) is 3.22. The fourth-order valence-electron chi connectivity index (χ4n) is 1.45. The zero-order valence-corrected chi connectivity index (χ0v) is 9.48. The van der Waals surface area contributed by atoms with Crippen LogP contribution in [0.25, 0.3) is 11.5 Å². The van der Waals surface area contributed by atoms with Gasteiger partial charge >= 0.3 is 0 Å². The Morgan fingerprint density at radius 3 is 2.56 bits per heavy atom. The van der Waals surface area contributed by atoms with Gasteiger partial charge in [-0.2, -0.15) is 0 Å². The van der Waals surface area contributed by atoms with E-state index in [0.29, 0.717) is 11.6 Å². The molecule has 16 heavy (non-hydrogen) atoms. The van der Waals surface area contributed by atoms with Gasteiger partial charge in [0.2, 0.25) is 5.89 Å². The summed E-state index contributed by atoms with van der Waals surface area (Å²) in [6, 6.07) is 5.51. The van der Waals surface area contributed by atoms with E-state index in [1.54, 1.807) is 26.5 Å². The molecular formula is C12H13NO3. The first kappa shape index (κ1) is 10.5. The van der Waals surface area contributed by atoms with Crippen LogP contribution in [0.1, 0.15) is 5.76 Å². The predicted octanol–water partition coefficient (Wildman–Crippen LogP) is 2.67. The highest BCUT2D eigenvalue weighted by atomic mass is 16.5. The molecule has 0 amide bonds. The van der Waals surface area contributed by atoms with E-state index in [1.165, 1.54) is 0 Å². The molecule has 0 aliphatic carbocycles. The normalized spacial score (nSPS) is 10.2. The van der Waals surface area contributed by atoms with Crippen molar-refractivity contribution in [1.82, 2.24) is 4.98 Å². The van der Waals surface area contributed by atoms with Crippen LogP contribution in [0.4, 0.5) is 0 Å². The summed E-state index contributed by atoms with van der Waals surface area (Å²) < 4.78 is 15.8. The molecule has 0 saturated heterocycles. The lowest BCUT2D eigenvalue weighted by Crippen LogP contribution is -1.90. The van der Waals surface area contributed by atoms with Gasteiger partial charge in [-0.1, -0.05) is 0 Å². The number of benzene rings is 1. The third-order valence-electron chi connectivity index (χ3n) is 2.26. The van der Waals surface area contributed by atoms with Crippen molar-refractivity contribution in [3.8, 4) is 23.0 Å². The number of aryl methyl sites for hydroxylation is 1. The fraction of sp³-hybridized carbons (Fsp3) is 0.250. The maximum absolute atomic E-state index is 5.45. The minimum atomic E-state index is 0.553. The number of hydrogen-bond donors (Lipinski definition) is 0. The Bertz CT molecular complexity index is 491. The molecule has 0 aliphatic heterocycles. The van der Waals surface area contributed by atoms with Crippen molar-refractivity contribution < 1.29 is 13.9 Å². The van der Waals surface area contributed by atoms with E-state index in [4.69, 9.17) is 13.9 Å². The van der Waals surface area contributed by atoms with E-state index in [9.17, 15) is 0 Å². The van der Waals surface area contributed by atoms with Crippen molar-refractivity contribution in [2.75, 3.05) is 14.2 Å². The molecule has 0 aliphatic rings. The smallest absolute Gasteiger partial charge is 0.229 e. The first-order chi connectivity index (χ1) is 7.74. The largest absolute Gasteiger partial charge is 0.497 e. The highest BCUT2D eigenvalue weighted by Gasteiger charge is 2.11. The number of methoxy groups -OCH3 is 2. The van der Waals surface area contributed by atoms with E-state index in [-0.39, 0.29) is 0 Å². The second kappa shape index (κ2) is 4.26. The summed E-state index contributed by atoms with van der Waals surface area (Å²) in [4.78, 5) is 4.16. The van der Waals surface area contributed by atoms with Crippen LogP contribution in [0.2, 0.25) is 0 Å². The van der Waals surface area contributed by atoms with E-state index in [0.717, 1.165) is 17.1 Å². The second-order valence-corrected chi connectivity index (χ2v) is 3.34. The highest BCUT2D eigenvalue weighted by Crippen LogP contribution is 2.32. The van der Waals surface area contributed by atoms with Crippen LogP contribution in [0.3, 0.4) is 0 Å². The van der Waals surface area contributed by atoms with Crippen LogP contribution in [-0.4, -0.2) is 19.2 Å². The molecule has 1 aromatic heterocycles. The van der Waals surface area contributed by atoms with Crippen molar-refractivity contribution in [3.05, 3.63) is 30.2 Å². The zero-order chi connectivity index (χ0) is 11.5. The molecule has 0 N–H and O–H groups in total. The number of rotatable bonds is 3. The molecule has 0 unspecified atom stereocenters. The third-order valence-corrected chi connectivity index (χ3v) is 2.26. The van der Waals surface area contributed by atoms with E-state index >= 15 is 0 Å². The van der Waals surface area contributed by atoms with Gasteiger partial charge in [0.15, 0.2) is 0 Å². The molecule has 1 aromatic carbocycles. The summed E-state index contributed by atoms with van der Waals surface area (Å²) in [6.45, 7) is 1.85. The monoisotopic (exact) mass is 219 g/mol. The Kier molecular flexibility index (Phi) is 2.81. The molecule has 1 heterocycles. The van der Waals surface area contributed by atoms with Gasteiger partial charge in [0.05, 0.1) is 26.0 Å². The average molecular weight is 219 g/mol. The lowest BCUT2D eigenvalue weighted by Gasteiger charge is -2.07. The van der Waals surface area contributed by atoms with Crippen molar-refractivity contribution >= 4 is 0 Å². The second-order valence-electron chi connectivity index (χ2n) is 3.34. The maximum atomic E-state index is 5.45. The first-order valence-corrected chi connectivity index (χ1v) is 4.89. The van der Waals surface area contributed by atoms with Gasteiger partial charge in [-0.25, -0.2) is 4.98 Å². The molecule has 84 valence electrons. The molecule has 0 saturated carbocycles. The summed E-state index contributed by atoms with van der Waals surface area (Å²) >= 11 is 0. The molecule has 0 radical (unpaired) electrons. The molecule has 0 spiro atoms. The maximum Gasteiger partial charge on any atom is 0.229 e. The van der Waals surface area contributed by atoms with Crippen molar-refractivity contribution in [2.45, 2.75) is 6.92 Å². The number of aromatic nitrogens is 1. The number of ether oxygens (including phenoxy) is 2. The van der Waals surface area contributed by atoms with E-state index < -0.39 is 0 Å². The minimum absolute atomic E-state index is 0.553. The molecule has 0 fully saturated rings. The quantitative estimate of drug-likeness (QED) is 0.796. The van der Waals surface area contributed by atoms with Crippen LogP contribution < -0.4 is 9.47 Å². The van der Waals surface area contributed by atoms with Crippen LogP contribution in [0.15, 0.2) is 28.8 Å². The van der Waals surface area contributed by atoms with Crippen LogP contribution in [0.5, 0.6) is 11.5 Å². The van der Waals surface area contributed by atoms with Crippen LogP contribution >= 0.6 is 0 Å². The summed E-state index contributed by atoms with van der Waals surface area (Å²) in [5.41, 5.74) is 0.816. The summed E-state index contributed by atoms with van der Waals surface area (Å²) in [5.74, 6) is 2.75. The summed E-state index contributed by atoms with van der Waals surface area (Å²) in [6.07, 6.45) is 1.68. The Hall–Kier alpha value is -1.97. The molecule has 0 atom stereocenters. The Labute approximate surface area is 93.8 Å². The van der Waals surface area contributed by atoms with Crippen LogP contribution in [0, 0.1) is 6.92 Å². The number of hydrogen-bond acceptors (Lipinski definition) is 4. The van der Waals surface area contributed by atoms with Gasteiger partial charge in [0.1, 0.15) is 17.3 Å². The van der Waals surface area contributed by atoms with Gasteiger partial charge in [0, 0.05) is 6.07 Å². The van der Waals surface area contributed by atoms with Gasteiger partial charge in [0.25, 0.3) is 0 Å². The fourth-order valence-corrected chi connectivity index (χ4v) is 1.45. The molecule has 2 rings (SSSR count). The topological polar surface area (TPSA) is 44.5 Å². The Morgan fingerprint density at radius 1 is 1.19 bits per heavy atom. The first-order valence-electron chi connectivity index (χ1n) is 4.89. The predicted molar refractivity (Wildman–Crippen MR) is 59.8 cm³/mol. The third kappa shape index (κ3) is 1.86. The average Bonchev–Trinajstić information content (AvgIpc) is 2.74. The van der Waals surface area contributed by atoms with Gasteiger partial charge in [-0.05, 0) is 19.1 Å². The lowest BCUT2D eigenvalue weighted by atomic mass is 10.2. The zero-order valence-electron chi connectivity index (χ0n) is 9.48. The molecule has 0 bridgehead atoms. The highest BCUT2D eigenvalue weighted by molar-refractivity contribution is 5.64. The van der Waals surface area contributed by atoms with Crippen molar-refractivity contribution in [3.63, 3.8) is 0 Å². The lowest BCUT2D eigenvalue weighted by molar-refractivity contribution is 0.394. The summed E-state index contributed by atoms with van der Waals surface area (Å²) in [5, 5.41) is 0. The Morgan fingerprint density at radius 2 is 2.00 bits per heavy atom.